The third-order valence-corrected chi connectivity index (χ3v) is 4.10. The normalized spacial score (nSPS) is 12.3. The number of rotatable bonds is 6. The molecular formula is C16H20N2S. The van der Waals surface area contributed by atoms with Crippen molar-refractivity contribution in [3.8, 4) is 0 Å². The van der Waals surface area contributed by atoms with E-state index in [-0.39, 0.29) is 0 Å². The van der Waals surface area contributed by atoms with E-state index in [2.05, 4.69) is 54.5 Å². The molecule has 1 heterocycles. The van der Waals surface area contributed by atoms with Crippen molar-refractivity contribution in [2.24, 2.45) is 0 Å². The van der Waals surface area contributed by atoms with E-state index in [9.17, 15) is 0 Å². The van der Waals surface area contributed by atoms with Gasteiger partial charge in [0, 0.05) is 29.1 Å². The van der Waals surface area contributed by atoms with Crippen molar-refractivity contribution in [3.63, 3.8) is 0 Å². The Kier molecular flexibility index (Phi) is 5.43. The first-order valence-electron chi connectivity index (χ1n) is 6.64. The molecule has 0 saturated carbocycles. The van der Waals surface area contributed by atoms with Gasteiger partial charge in [0.15, 0.2) is 0 Å². The maximum absolute atomic E-state index is 4.13. The van der Waals surface area contributed by atoms with E-state index < -0.39 is 0 Å². The largest absolute Gasteiger partial charge is 0.310 e. The number of benzene rings is 1. The zero-order chi connectivity index (χ0) is 13.5. The Bertz CT molecular complexity index is 482. The van der Waals surface area contributed by atoms with E-state index in [1.165, 1.54) is 16.0 Å². The topological polar surface area (TPSA) is 24.9 Å². The Morgan fingerprint density at radius 1 is 1.21 bits per heavy atom. The highest BCUT2D eigenvalue weighted by atomic mass is 32.2. The molecule has 1 unspecified atom stereocenters. The summed E-state index contributed by atoms with van der Waals surface area (Å²) in [6, 6.07) is 13.3. The third kappa shape index (κ3) is 4.37. The molecule has 1 N–H and O–H groups in total. The lowest BCUT2D eigenvalue weighted by atomic mass is 10.1. The second kappa shape index (κ2) is 7.31. The Morgan fingerprint density at radius 2 is 2.00 bits per heavy atom. The number of pyridine rings is 1. The van der Waals surface area contributed by atoms with Gasteiger partial charge in [-0.1, -0.05) is 25.1 Å². The zero-order valence-corrected chi connectivity index (χ0v) is 12.3. The lowest BCUT2D eigenvalue weighted by Crippen LogP contribution is -2.17. The molecule has 1 aromatic carbocycles. The summed E-state index contributed by atoms with van der Waals surface area (Å²) in [7, 11) is 0. The van der Waals surface area contributed by atoms with Crippen molar-refractivity contribution in [3.05, 3.63) is 59.9 Å². The molecule has 1 atom stereocenters. The Hall–Kier alpha value is -1.32. The van der Waals surface area contributed by atoms with Crippen LogP contribution >= 0.6 is 11.8 Å². The smallest absolute Gasteiger partial charge is 0.0308 e. The van der Waals surface area contributed by atoms with Crippen LogP contribution in [0.2, 0.25) is 0 Å². The third-order valence-electron chi connectivity index (χ3n) is 3.02. The Balaban J connectivity index is 1.92. The highest BCUT2D eigenvalue weighted by Gasteiger charge is 2.03. The van der Waals surface area contributed by atoms with Gasteiger partial charge in [-0.3, -0.25) is 4.98 Å². The number of hydrogen-bond donors (Lipinski definition) is 1. The van der Waals surface area contributed by atoms with Crippen LogP contribution in [0.4, 0.5) is 0 Å². The monoisotopic (exact) mass is 272 g/mol. The summed E-state index contributed by atoms with van der Waals surface area (Å²) in [6.45, 7) is 5.33. The maximum Gasteiger partial charge on any atom is 0.0308 e. The van der Waals surface area contributed by atoms with Crippen molar-refractivity contribution in [2.45, 2.75) is 30.5 Å². The van der Waals surface area contributed by atoms with E-state index in [4.69, 9.17) is 0 Å². The van der Waals surface area contributed by atoms with Crippen LogP contribution in [0.1, 0.15) is 31.0 Å². The number of nitrogens with zero attached hydrogens (tertiary/aromatic N) is 1. The van der Waals surface area contributed by atoms with E-state index in [1.807, 2.05) is 30.2 Å². The molecular weight excluding hydrogens is 252 g/mol. The molecule has 0 bridgehead atoms. The predicted molar refractivity (Wildman–Crippen MR) is 82.3 cm³/mol. The van der Waals surface area contributed by atoms with Crippen molar-refractivity contribution in [2.75, 3.05) is 6.54 Å². The minimum Gasteiger partial charge on any atom is -0.310 e. The molecule has 0 fully saturated rings. The molecule has 0 aliphatic carbocycles. The summed E-state index contributed by atoms with van der Waals surface area (Å²) < 4.78 is 0. The van der Waals surface area contributed by atoms with Crippen molar-refractivity contribution < 1.29 is 0 Å². The molecule has 0 radical (unpaired) electrons. The lowest BCUT2D eigenvalue weighted by molar-refractivity contribution is 0.598. The minimum atomic E-state index is 0.419. The molecule has 2 rings (SSSR count). The molecule has 2 nitrogen and oxygen atoms in total. The summed E-state index contributed by atoms with van der Waals surface area (Å²) in [5, 5.41) is 3.42. The molecule has 0 spiro atoms. The Morgan fingerprint density at radius 3 is 2.63 bits per heavy atom. The van der Waals surface area contributed by atoms with Gasteiger partial charge in [0.2, 0.25) is 0 Å². The molecule has 0 aliphatic rings. The fraction of sp³-hybridized carbons (Fsp3) is 0.312. The SMILES string of the molecule is CCNC(C)c1ccc(SCc2cccnc2)cc1. The maximum atomic E-state index is 4.13. The highest BCUT2D eigenvalue weighted by molar-refractivity contribution is 7.98. The average molecular weight is 272 g/mol. The number of hydrogen-bond acceptors (Lipinski definition) is 3. The first-order valence-corrected chi connectivity index (χ1v) is 7.63. The quantitative estimate of drug-likeness (QED) is 0.803. The fourth-order valence-corrected chi connectivity index (χ4v) is 2.76. The highest BCUT2D eigenvalue weighted by Crippen LogP contribution is 2.24. The van der Waals surface area contributed by atoms with E-state index >= 15 is 0 Å². The van der Waals surface area contributed by atoms with Gasteiger partial charge >= 0.3 is 0 Å². The van der Waals surface area contributed by atoms with E-state index in [0.29, 0.717) is 6.04 Å². The predicted octanol–water partition coefficient (Wildman–Crippen LogP) is 4.04. The fourth-order valence-electron chi connectivity index (χ4n) is 1.93. The van der Waals surface area contributed by atoms with Gasteiger partial charge in [-0.2, -0.15) is 0 Å². The van der Waals surface area contributed by atoms with Gasteiger partial charge in [-0.15, -0.1) is 11.8 Å². The van der Waals surface area contributed by atoms with Crippen LogP contribution in [0.15, 0.2) is 53.7 Å². The van der Waals surface area contributed by atoms with Crippen molar-refractivity contribution >= 4 is 11.8 Å². The van der Waals surface area contributed by atoms with Crippen LogP contribution in [0.3, 0.4) is 0 Å². The lowest BCUT2D eigenvalue weighted by Gasteiger charge is -2.13. The van der Waals surface area contributed by atoms with Gasteiger partial charge < -0.3 is 5.32 Å². The van der Waals surface area contributed by atoms with Gasteiger partial charge in [0.05, 0.1) is 0 Å². The van der Waals surface area contributed by atoms with Gasteiger partial charge in [0.25, 0.3) is 0 Å². The standard InChI is InChI=1S/C16H20N2S/c1-3-18-13(2)15-6-8-16(9-7-15)19-12-14-5-4-10-17-11-14/h4-11,13,18H,3,12H2,1-2H3. The second-order valence-corrected chi connectivity index (χ2v) is 5.55. The minimum absolute atomic E-state index is 0.419. The van der Waals surface area contributed by atoms with Gasteiger partial charge in [-0.05, 0) is 42.8 Å². The number of nitrogens with one attached hydrogen (secondary N) is 1. The molecule has 0 saturated heterocycles. The molecule has 0 amide bonds. The van der Waals surface area contributed by atoms with Crippen LogP contribution in [0.5, 0.6) is 0 Å². The molecule has 0 aliphatic heterocycles. The van der Waals surface area contributed by atoms with E-state index in [1.54, 1.807) is 0 Å². The second-order valence-electron chi connectivity index (χ2n) is 4.50. The van der Waals surface area contributed by atoms with Gasteiger partial charge in [0.1, 0.15) is 0 Å². The van der Waals surface area contributed by atoms with Crippen LogP contribution in [0, 0.1) is 0 Å². The number of aromatic nitrogens is 1. The first-order chi connectivity index (χ1) is 9.29. The Labute approximate surface area is 119 Å². The van der Waals surface area contributed by atoms with Crippen LogP contribution in [-0.2, 0) is 5.75 Å². The zero-order valence-electron chi connectivity index (χ0n) is 11.5. The number of thioether (sulfide) groups is 1. The van der Waals surface area contributed by atoms with Crippen molar-refractivity contribution in [1.29, 1.82) is 0 Å². The molecule has 19 heavy (non-hydrogen) atoms. The molecule has 1 aromatic heterocycles. The first kappa shape index (κ1) is 14.1. The van der Waals surface area contributed by atoms with Crippen LogP contribution in [-0.4, -0.2) is 11.5 Å². The molecule has 2 aromatic rings. The van der Waals surface area contributed by atoms with Crippen LogP contribution in [0.25, 0.3) is 0 Å². The van der Waals surface area contributed by atoms with Crippen LogP contribution < -0.4 is 5.32 Å². The summed E-state index contributed by atoms with van der Waals surface area (Å²) in [4.78, 5) is 5.44. The van der Waals surface area contributed by atoms with E-state index in [0.717, 1.165) is 12.3 Å². The summed E-state index contributed by atoms with van der Waals surface area (Å²) in [6.07, 6.45) is 3.74. The summed E-state index contributed by atoms with van der Waals surface area (Å²) in [5.41, 5.74) is 2.60. The van der Waals surface area contributed by atoms with Gasteiger partial charge in [-0.25, -0.2) is 0 Å². The molecule has 3 heteroatoms. The summed E-state index contributed by atoms with van der Waals surface area (Å²) in [5.74, 6) is 0.968. The van der Waals surface area contributed by atoms with Crippen molar-refractivity contribution in [1.82, 2.24) is 10.3 Å². The molecule has 100 valence electrons. The summed E-state index contributed by atoms with van der Waals surface area (Å²) >= 11 is 1.85. The average Bonchev–Trinajstić information content (AvgIpc) is 2.47.